The number of aliphatic hydroxyl groups excluding tert-OH is 1. The van der Waals surface area contributed by atoms with E-state index in [1.54, 1.807) is 17.9 Å². The minimum absolute atomic E-state index is 0.132. The number of nitrogens with zero attached hydrogens (tertiary/aromatic N) is 2. The van der Waals surface area contributed by atoms with Gasteiger partial charge in [0.05, 0.1) is 0 Å². The Bertz CT molecular complexity index is 806. The summed E-state index contributed by atoms with van der Waals surface area (Å²) in [6, 6.07) is 9.32. The second kappa shape index (κ2) is 6.29. The number of fused-ring (bicyclic) bond motifs is 1. The van der Waals surface area contributed by atoms with Gasteiger partial charge in [-0.3, -0.25) is 4.68 Å². The van der Waals surface area contributed by atoms with Crippen molar-refractivity contribution in [1.82, 2.24) is 15.1 Å². The summed E-state index contributed by atoms with van der Waals surface area (Å²) in [5, 5.41) is 16.9. The largest absolute Gasteiger partial charge is 0.454 e. The van der Waals surface area contributed by atoms with E-state index in [9.17, 15) is 13.2 Å². The molecule has 0 radical (unpaired) electrons. The molecule has 0 aliphatic carbocycles. The summed E-state index contributed by atoms with van der Waals surface area (Å²) in [6.45, 7) is -0.453. The number of aromatic nitrogens is 2. The fourth-order valence-electron chi connectivity index (χ4n) is 2.43. The summed E-state index contributed by atoms with van der Waals surface area (Å²) in [5.41, 5.74) is 1.96. The molecule has 2 heterocycles. The van der Waals surface area contributed by atoms with Crippen molar-refractivity contribution in [1.29, 1.82) is 0 Å². The quantitative estimate of drug-likeness (QED) is 0.750. The van der Waals surface area contributed by atoms with Gasteiger partial charge < -0.3 is 14.8 Å². The van der Waals surface area contributed by atoms with Crippen LogP contribution in [0.3, 0.4) is 0 Å². The molecule has 5 nitrogen and oxygen atoms in total. The molecule has 0 aliphatic rings. The van der Waals surface area contributed by atoms with Gasteiger partial charge in [-0.1, -0.05) is 18.2 Å². The standard InChI is InChI=1S/C16H16F3N3O2/c1-22-9-11(7-20-8-14(23)16(17,18)19)15(21-22)13-6-10-4-2-3-5-12(10)24-13/h2-6,9,14,20,23H,7-8H2,1H3. The predicted octanol–water partition coefficient (Wildman–Crippen LogP) is 2.85. The van der Waals surface area contributed by atoms with Crippen LogP contribution < -0.4 is 5.32 Å². The van der Waals surface area contributed by atoms with Crippen molar-refractivity contribution in [3.8, 4) is 11.5 Å². The summed E-state index contributed by atoms with van der Waals surface area (Å²) in [6.07, 6.45) is -5.33. The third kappa shape index (κ3) is 3.44. The monoisotopic (exact) mass is 339 g/mol. The first kappa shape index (κ1) is 16.5. The highest BCUT2D eigenvalue weighted by molar-refractivity contribution is 5.82. The summed E-state index contributed by atoms with van der Waals surface area (Å²) in [7, 11) is 1.72. The number of rotatable bonds is 5. The van der Waals surface area contributed by atoms with Crippen LogP contribution in [0, 0.1) is 0 Å². The molecule has 8 heteroatoms. The van der Waals surface area contributed by atoms with Crippen LogP contribution in [0.25, 0.3) is 22.4 Å². The van der Waals surface area contributed by atoms with Crippen molar-refractivity contribution in [2.75, 3.05) is 6.54 Å². The molecular formula is C16H16F3N3O2. The lowest BCUT2D eigenvalue weighted by molar-refractivity contribution is -0.201. The van der Waals surface area contributed by atoms with Crippen molar-refractivity contribution in [2.24, 2.45) is 7.05 Å². The molecule has 24 heavy (non-hydrogen) atoms. The van der Waals surface area contributed by atoms with Gasteiger partial charge >= 0.3 is 6.18 Å². The van der Waals surface area contributed by atoms with Gasteiger partial charge in [0.25, 0.3) is 0 Å². The minimum atomic E-state index is -4.64. The number of hydrogen-bond donors (Lipinski definition) is 2. The molecule has 128 valence electrons. The van der Waals surface area contributed by atoms with Crippen molar-refractivity contribution in [3.63, 3.8) is 0 Å². The van der Waals surface area contributed by atoms with Crippen LogP contribution in [0.5, 0.6) is 0 Å². The van der Waals surface area contributed by atoms with Crippen molar-refractivity contribution in [3.05, 3.63) is 42.1 Å². The third-order valence-corrected chi connectivity index (χ3v) is 3.59. The molecule has 0 bridgehead atoms. The van der Waals surface area contributed by atoms with E-state index in [2.05, 4.69) is 10.4 Å². The zero-order valence-electron chi connectivity index (χ0n) is 12.8. The Balaban J connectivity index is 1.78. The molecule has 3 rings (SSSR count). The van der Waals surface area contributed by atoms with Gasteiger partial charge in [-0.15, -0.1) is 0 Å². The number of halogens is 3. The van der Waals surface area contributed by atoms with Crippen molar-refractivity contribution < 1.29 is 22.7 Å². The number of aliphatic hydroxyl groups is 1. The smallest absolute Gasteiger partial charge is 0.415 e. The summed E-state index contributed by atoms with van der Waals surface area (Å²) < 4.78 is 44.3. The van der Waals surface area contributed by atoms with Crippen molar-refractivity contribution in [2.45, 2.75) is 18.8 Å². The van der Waals surface area contributed by atoms with E-state index >= 15 is 0 Å². The Morgan fingerprint density at radius 1 is 1.33 bits per heavy atom. The normalized spacial score (nSPS) is 13.5. The van der Waals surface area contributed by atoms with Crippen molar-refractivity contribution >= 4 is 11.0 Å². The van der Waals surface area contributed by atoms with Crippen LogP contribution in [0.15, 0.2) is 40.9 Å². The van der Waals surface area contributed by atoms with Crippen LogP contribution in [-0.4, -0.2) is 33.7 Å². The second-order valence-electron chi connectivity index (χ2n) is 5.51. The molecule has 0 spiro atoms. The molecule has 0 saturated heterocycles. The van der Waals surface area contributed by atoms with Gasteiger partial charge in [0.15, 0.2) is 11.9 Å². The van der Waals surface area contributed by atoms with Crippen LogP contribution >= 0.6 is 0 Å². The fourth-order valence-corrected chi connectivity index (χ4v) is 2.43. The maximum atomic E-state index is 12.3. The van der Waals surface area contributed by atoms with Gasteiger partial charge in [-0.05, 0) is 12.1 Å². The third-order valence-electron chi connectivity index (χ3n) is 3.59. The molecule has 3 aromatic rings. The molecule has 0 aliphatic heterocycles. The lowest BCUT2D eigenvalue weighted by atomic mass is 10.2. The van der Waals surface area contributed by atoms with E-state index in [1.165, 1.54) is 0 Å². The van der Waals surface area contributed by atoms with Gasteiger partial charge in [0.2, 0.25) is 0 Å². The molecule has 2 N–H and O–H groups in total. The molecule has 0 saturated carbocycles. The lowest BCUT2D eigenvalue weighted by Gasteiger charge is -2.14. The number of alkyl halides is 3. The number of benzene rings is 1. The molecule has 0 fully saturated rings. The molecule has 1 atom stereocenters. The summed E-state index contributed by atoms with van der Waals surface area (Å²) >= 11 is 0. The Kier molecular flexibility index (Phi) is 4.33. The van der Waals surface area contributed by atoms with Gasteiger partial charge in [0, 0.05) is 37.3 Å². The Morgan fingerprint density at radius 2 is 2.08 bits per heavy atom. The number of aryl methyl sites for hydroxylation is 1. The van der Waals surface area contributed by atoms with Crippen LogP contribution in [-0.2, 0) is 13.6 Å². The van der Waals surface area contributed by atoms with Crippen LogP contribution in [0.1, 0.15) is 5.56 Å². The van der Waals surface area contributed by atoms with E-state index in [4.69, 9.17) is 9.52 Å². The number of para-hydroxylation sites is 1. The average Bonchev–Trinajstić information content (AvgIpc) is 3.09. The van der Waals surface area contributed by atoms with Gasteiger partial charge in [-0.2, -0.15) is 18.3 Å². The summed E-state index contributed by atoms with van der Waals surface area (Å²) in [4.78, 5) is 0. The van der Waals surface area contributed by atoms with E-state index in [0.29, 0.717) is 22.6 Å². The number of hydrogen-bond acceptors (Lipinski definition) is 4. The highest BCUT2D eigenvalue weighted by atomic mass is 19.4. The first-order valence-corrected chi connectivity index (χ1v) is 7.31. The first-order valence-electron chi connectivity index (χ1n) is 7.31. The topological polar surface area (TPSA) is 63.2 Å². The number of nitrogens with one attached hydrogen (secondary N) is 1. The molecule has 2 aromatic heterocycles. The summed E-state index contributed by atoms with van der Waals surface area (Å²) in [5.74, 6) is 0.546. The van der Waals surface area contributed by atoms with E-state index < -0.39 is 18.8 Å². The zero-order chi connectivity index (χ0) is 17.3. The maximum Gasteiger partial charge on any atom is 0.415 e. The SMILES string of the molecule is Cn1cc(CNCC(O)C(F)(F)F)c(-c2cc3ccccc3o2)n1. The van der Waals surface area contributed by atoms with E-state index in [1.807, 2.05) is 30.3 Å². The van der Waals surface area contributed by atoms with Crippen LogP contribution in [0.2, 0.25) is 0 Å². The first-order chi connectivity index (χ1) is 11.3. The molecule has 1 aromatic carbocycles. The maximum absolute atomic E-state index is 12.3. The lowest BCUT2D eigenvalue weighted by Crippen LogP contribution is -2.38. The Labute approximate surface area is 135 Å². The number of furan rings is 1. The van der Waals surface area contributed by atoms with Gasteiger partial charge in [-0.25, -0.2) is 0 Å². The predicted molar refractivity (Wildman–Crippen MR) is 82.2 cm³/mol. The Morgan fingerprint density at radius 3 is 2.79 bits per heavy atom. The van der Waals surface area contributed by atoms with E-state index in [-0.39, 0.29) is 6.54 Å². The highest BCUT2D eigenvalue weighted by Gasteiger charge is 2.37. The Hall–Kier alpha value is -2.32. The zero-order valence-corrected chi connectivity index (χ0v) is 12.8. The molecule has 0 amide bonds. The van der Waals surface area contributed by atoms with Crippen LogP contribution in [0.4, 0.5) is 13.2 Å². The highest BCUT2D eigenvalue weighted by Crippen LogP contribution is 2.29. The van der Waals surface area contributed by atoms with E-state index in [0.717, 1.165) is 5.39 Å². The second-order valence-corrected chi connectivity index (χ2v) is 5.51. The molecule has 1 unspecified atom stereocenters. The average molecular weight is 339 g/mol. The fraction of sp³-hybridized carbons (Fsp3) is 0.312. The molecular weight excluding hydrogens is 323 g/mol. The minimum Gasteiger partial charge on any atom is -0.454 e. The van der Waals surface area contributed by atoms with Gasteiger partial charge in [0.1, 0.15) is 11.3 Å².